The Morgan fingerprint density at radius 3 is 2.79 bits per heavy atom. The van der Waals surface area contributed by atoms with E-state index in [-0.39, 0.29) is 17.3 Å². The van der Waals surface area contributed by atoms with Gasteiger partial charge < -0.3 is 10.1 Å². The summed E-state index contributed by atoms with van der Waals surface area (Å²) in [5.74, 6) is -0.327. The third-order valence-corrected chi connectivity index (χ3v) is 4.18. The highest BCUT2D eigenvalue weighted by atomic mass is 19.1. The molecule has 2 rings (SSSR count). The van der Waals surface area contributed by atoms with Crippen LogP contribution in [0, 0.1) is 22.6 Å². The van der Waals surface area contributed by atoms with Gasteiger partial charge in [0.1, 0.15) is 5.82 Å². The van der Waals surface area contributed by atoms with Gasteiger partial charge in [-0.15, -0.1) is 0 Å². The predicted octanol–water partition coefficient (Wildman–Crippen LogP) is 2.60. The highest BCUT2D eigenvalue weighted by Gasteiger charge is 2.48. The molecule has 1 aliphatic carbocycles. The lowest BCUT2D eigenvalue weighted by atomic mass is 9.64. The van der Waals surface area contributed by atoms with Gasteiger partial charge in [-0.25, -0.2) is 4.39 Å². The highest BCUT2D eigenvalue weighted by Crippen LogP contribution is 2.42. The van der Waals surface area contributed by atoms with Gasteiger partial charge in [-0.2, -0.15) is 5.26 Å². The van der Waals surface area contributed by atoms with Crippen molar-refractivity contribution < 1.29 is 9.13 Å². The molecule has 19 heavy (non-hydrogen) atoms. The standard InChI is InChI=1S/C15H19FN2O/c1-15(2)13(7-14(15)19-3)18-9-11-5-4-10(8-17)6-12(11)16/h4-6,13-14,18H,7,9H2,1-3H3. The molecule has 1 aliphatic rings. The minimum atomic E-state index is -0.327. The van der Waals surface area contributed by atoms with Crippen molar-refractivity contribution in [2.45, 2.75) is 39.0 Å². The molecule has 1 saturated carbocycles. The summed E-state index contributed by atoms with van der Waals surface area (Å²) in [7, 11) is 1.73. The molecule has 102 valence electrons. The lowest BCUT2D eigenvalue weighted by Gasteiger charge is -2.51. The van der Waals surface area contributed by atoms with Crippen molar-refractivity contribution in [3.8, 4) is 6.07 Å². The number of ether oxygens (including phenoxy) is 1. The van der Waals surface area contributed by atoms with E-state index in [1.54, 1.807) is 19.2 Å². The fourth-order valence-corrected chi connectivity index (χ4v) is 2.63. The summed E-state index contributed by atoms with van der Waals surface area (Å²) in [6, 6.07) is 6.85. The minimum Gasteiger partial charge on any atom is -0.381 e. The molecule has 1 aromatic rings. The maximum absolute atomic E-state index is 13.7. The van der Waals surface area contributed by atoms with Crippen LogP contribution in [-0.2, 0) is 11.3 Å². The summed E-state index contributed by atoms with van der Waals surface area (Å²) in [5.41, 5.74) is 1.01. The van der Waals surface area contributed by atoms with Gasteiger partial charge in [-0.05, 0) is 18.6 Å². The Hall–Kier alpha value is -1.44. The number of hydrogen-bond donors (Lipinski definition) is 1. The molecule has 0 aromatic heterocycles. The van der Waals surface area contributed by atoms with Crippen molar-refractivity contribution >= 4 is 0 Å². The van der Waals surface area contributed by atoms with Crippen LogP contribution in [0.5, 0.6) is 0 Å². The van der Waals surface area contributed by atoms with Gasteiger partial charge in [0.2, 0.25) is 0 Å². The van der Waals surface area contributed by atoms with E-state index >= 15 is 0 Å². The van der Waals surface area contributed by atoms with Gasteiger partial charge in [0.15, 0.2) is 0 Å². The van der Waals surface area contributed by atoms with Crippen molar-refractivity contribution in [1.82, 2.24) is 5.32 Å². The average Bonchev–Trinajstić information content (AvgIpc) is 2.39. The summed E-state index contributed by atoms with van der Waals surface area (Å²) in [6.45, 7) is 4.77. The van der Waals surface area contributed by atoms with E-state index in [4.69, 9.17) is 10.00 Å². The van der Waals surface area contributed by atoms with E-state index in [1.807, 2.05) is 6.07 Å². The van der Waals surface area contributed by atoms with Crippen LogP contribution >= 0.6 is 0 Å². The van der Waals surface area contributed by atoms with Crippen LogP contribution in [0.25, 0.3) is 0 Å². The van der Waals surface area contributed by atoms with E-state index < -0.39 is 0 Å². The van der Waals surface area contributed by atoms with E-state index in [9.17, 15) is 4.39 Å². The average molecular weight is 262 g/mol. The van der Waals surface area contributed by atoms with Crippen molar-refractivity contribution in [3.05, 3.63) is 35.1 Å². The topological polar surface area (TPSA) is 45.0 Å². The third-order valence-electron chi connectivity index (χ3n) is 4.18. The molecule has 2 atom stereocenters. The Kier molecular flexibility index (Phi) is 3.88. The van der Waals surface area contributed by atoms with Gasteiger partial charge in [-0.1, -0.05) is 19.9 Å². The first-order valence-corrected chi connectivity index (χ1v) is 6.43. The summed E-state index contributed by atoms with van der Waals surface area (Å²) in [5, 5.41) is 12.1. The summed E-state index contributed by atoms with van der Waals surface area (Å²) < 4.78 is 19.1. The molecular formula is C15H19FN2O. The van der Waals surface area contributed by atoms with Crippen molar-refractivity contribution in [3.63, 3.8) is 0 Å². The molecule has 0 bridgehead atoms. The van der Waals surface area contributed by atoms with Crippen LogP contribution in [0.3, 0.4) is 0 Å². The molecule has 0 amide bonds. The molecule has 0 radical (unpaired) electrons. The quantitative estimate of drug-likeness (QED) is 0.907. The van der Waals surface area contributed by atoms with E-state index in [1.165, 1.54) is 6.07 Å². The van der Waals surface area contributed by atoms with Crippen molar-refractivity contribution in [1.29, 1.82) is 5.26 Å². The first-order chi connectivity index (χ1) is 8.98. The van der Waals surface area contributed by atoms with E-state index in [0.717, 1.165) is 6.42 Å². The largest absolute Gasteiger partial charge is 0.381 e. The number of methoxy groups -OCH3 is 1. The molecule has 0 heterocycles. The molecule has 1 N–H and O–H groups in total. The summed E-state index contributed by atoms with van der Waals surface area (Å²) in [6.07, 6.45) is 1.21. The molecule has 0 spiro atoms. The molecular weight excluding hydrogens is 243 g/mol. The molecule has 0 aliphatic heterocycles. The minimum absolute atomic E-state index is 0.0673. The Bertz CT molecular complexity index is 507. The number of hydrogen-bond acceptors (Lipinski definition) is 3. The molecule has 1 aromatic carbocycles. The maximum atomic E-state index is 13.7. The number of benzene rings is 1. The fourth-order valence-electron chi connectivity index (χ4n) is 2.63. The van der Waals surface area contributed by atoms with Gasteiger partial charge in [0.05, 0.1) is 17.7 Å². The lowest BCUT2D eigenvalue weighted by Crippen LogP contribution is -2.60. The van der Waals surface area contributed by atoms with E-state index in [2.05, 4.69) is 19.2 Å². The fraction of sp³-hybridized carbons (Fsp3) is 0.533. The maximum Gasteiger partial charge on any atom is 0.129 e. The van der Waals surface area contributed by atoms with Crippen molar-refractivity contribution in [2.75, 3.05) is 7.11 Å². The number of nitrogens with one attached hydrogen (secondary N) is 1. The molecule has 2 unspecified atom stereocenters. The normalized spacial score (nSPS) is 24.6. The zero-order chi connectivity index (χ0) is 14.0. The summed E-state index contributed by atoms with van der Waals surface area (Å²) in [4.78, 5) is 0. The number of nitriles is 1. The van der Waals surface area contributed by atoms with Crippen molar-refractivity contribution in [2.24, 2.45) is 5.41 Å². The lowest BCUT2D eigenvalue weighted by molar-refractivity contribution is -0.0979. The van der Waals surface area contributed by atoms with Crippen LogP contribution in [0.4, 0.5) is 4.39 Å². The molecule has 1 fully saturated rings. The Morgan fingerprint density at radius 2 is 2.26 bits per heavy atom. The van der Waals surface area contributed by atoms with Crippen LogP contribution in [0.2, 0.25) is 0 Å². The summed E-state index contributed by atoms with van der Waals surface area (Å²) >= 11 is 0. The number of halogens is 1. The second-order valence-corrected chi connectivity index (χ2v) is 5.63. The van der Waals surface area contributed by atoms with Crippen LogP contribution in [0.1, 0.15) is 31.4 Å². The second kappa shape index (κ2) is 5.28. The Morgan fingerprint density at radius 1 is 1.53 bits per heavy atom. The van der Waals surface area contributed by atoms with Crippen LogP contribution < -0.4 is 5.32 Å². The number of nitrogens with zero attached hydrogens (tertiary/aromatic N) is 1. The monoisotopic (exact) mass is 262 g/mol. The zero-order valence-corrected chi connectivity index (χ0v) is 11.5. The van der Waals surface area contributed by atoms with Gasteiger partial charge in [-0.3, -0.25) is 0 Å². The molecule has 0 saturated heterocycles. The third kappa shape index (κ3) is 2.63. The Balaban J connectivity index is 1.96. The first kappa shape index (κ1) is 14.0. The van der Waals surface area contributed by atoms with Gasteiger partial charge in [0, 0.05) is 30.7 Å². The first-order valence-electron chi connectivity index (χ1n) is 6.43. The zero-order valence-electron chi connectivity index (χ0n) is 11.5. The van der Waals surface area contributed by atoms with Crippen LogP contribution in [0.15, 0.2) is 18.2 Å². The molecule has 4 heteroatoms. The Labute approximate surface area is 113 Å². The SMILES string of the molecule is COC1CC(NCc2ccc(C#N)cc2F)C1(C)C. The smallest absolute Gasteiger partial charge is 0.129 e. The van der Waals surface area contributed by atoms with E-state index in [0.29, 0.717) is 23.7 Å². The van der Waals surface area contributed by atoms with Crippen LogP contribution in [-0.4, -0.2) is 19.3 Å². The second-order valence-electron chi connectivity index (χ2n) is 5.63. The predicted molar refractivity (Wildman–Crippen MR) is 70.9 cm³/mol. The highest BCUT2D eigenvalue weighted by molar-refractivity contribution is 5.32. The number of rotatable bonds is 4. The van der Waals surface area contributed by atoms with Gasteiger partial charge in [0.25, 0.3) is 0 Å². The molecule has 3 nitrogen and oxygen atoms in total. The van der Waals surface area contributed by atoms with Gasteiger partial charge >= 0.3 is 0 Å².